The standard InChI is InChI=1S/C23H29FN2O3/c1-2-3-4-5-6-7-8-16-29-20-14-12-19(13-15-20)25-23(26-28)22-18(17-27)10-9-11-21(22)24/h9-15,17,28H,2-8,16H2,1H3,(H,25,26). The van der Waals surface area contributed by atoms with Crippen molar-refractivity contribution < 1.29 is 19.1 Å². The fourth-order valence-corrected chi connectivity index (χ4v) is 3.02. The van der Waals surface area contributed by atoms with E-state index in [4.69, 9.17) is 4.74 Å². The Morgan fingerprint density at radius 1 is 1.07 bits per heavy atom. The van der Waals surface area contributed by atoms with Gasteiger partial charge in [0.15, 0.2) is 12.1 Å². The number of halogens is 1. The van der Waals surface area contributed by atoms with Crippen LogP contribution < -0.4 is 10.2 Å². The van der Waals surface area contributed by atoms with Gasteiger partial charge in [-0.25, -0.2) is 9.38 Å². The Morgan fingerprint density at radius 2 is 1.76 bits per heavy atom. The Bertz CT molecular complexity index is 791. The second-order valence-electron chi connectivity index (χ2n) is 6.86. The first-order valence-corrected chi connectivity index (χ1v) is 10.1. The topological polar surface area (TPSA) is 70.9 Å². The van der Waals surface area contributed by atoms with E-state index in [9.17, 15) is 14.4 Å². The average molecular weight is 400 g/mol. The second kappa shape index (κ2) is 12.7. The third kappa shape index (κ3) is 7.31. The highest BCUT2D eigenvalue weighted by Gasteiger charge is 2.14. The van der Waals surface area contributed by atoms with Crippen LogP contribution in [0.5, 0.6) is 5.75 Å². The number of nitrogens with zero attached hydrogens (tertiary/aromatic N) is 1. The van der Waals surface area contributed by atoms with Crippen molar-refractivity contribution in [2.75, 3.05) is 6.61 Å². The minimum absolute atomic E-state index is 0.0794. The van der Waals surface area contributed by atoms with E-state index in [0.717, 1.165) is 12.2 Å². The zero-order chi connectivity index (χ0) is 20.9. The molecule has 156 valence electrons. The van der Waals surface area contributed by atoms with Crippen LogP contribution in [0.1, 0.15) is 67.8 Å². The SMILES string of the molecule is CCCCCCCCCOc1ccc(N=C(NO)c2c(F)cccc2C=O)cc1. The largest absolute Gasteiger partial charge is 0.494 e. The molecule has 0 fully saturated rings. The molecule has 0 spiro atoms. The summed E-state index contributed by atoms with van der Waals surface area (Å²) in [6.45, 7) is 2.88. The molecule has 6 heteroatoms. The van der Waals surface area contributed by atoms with Gasteiger partial charge in [0.1, 0.15) is 11.6 Å². The van der Waals surface area contributed by atoms with Gasteiger partial charge in [-0.1, -0.05) is 57.6 Å². The van der Waals surface area contributed by atoms with Gasteiger partial charge in [0.05, 0.1) is 17.9 Å². The Balaban J connectivity index is 1.91. The molecule has 2 aromatic rings. The van der Waals surface area contributed by atoms with Crippen molar-refractivity contribution in [3.05, 3.63) is 59.4 Å². The molecule has 0 unspecified atom stereocenters. The van der Waals surface area contributed by atoms with Crippen LogP contribution in [0.15, 0.2) is 47.5 Å². The molecule has 0 saturated carbocycles. The molecule has 0 aliphatic rings. The Labute approximate surface area is 171 Å². The molecule has 2 aromatic carbocycles. The number of hydroxylamine groups is 1. The molecule has 0 saturated heterocycles. The van der Waals surface area contributed by atoms with Crippen molar-refractivity contribution in [1.82, 2.24) is 5.48 Å². The smallest absolute Gasteiger partial charge is 0.161 e. The number of aldehydes is 1. The number of carbonyl (C=O) groups is 1. The summed E-state index contributed by atoms with van der Waals surface area (Å²) in [4.78, 5) is 15.4. The number of rotatable bonds is 12. The van der Waals surface area contributed by atoms with Crippen molar-refractivity contribution in [2.24, 2.45) is 4.99 Å². The van der Waals surface area contributed by atoms with E-state index in [2.05, 4.69) is 11.9 Å². The summed E-state index contributed by atoms with van der Waals surface area (Å²) in [6, 6.07) is 11.1. The number of ether oxygens (including phenoxy) is 1. The molecule has 5 nitrogen and oxygen atoms in total. The lowest BCUT2D eigenvalue weighted by Crippen LogP contribution is -2.23. The normalized spacial score (nSPS) is 11.3. The van der Waals surface area contributed by atoms with Gasteiger partial charge in [0.25, 0.3) is 0 Å². The molecular weight excluding hydrogens is 371 g/mol. The van der Waals surface area contributed by atoms with E-state index in [1.54, 1.807) is 24.3 Å². The summed E-state index contributed by atoms with van der Waals surface area (Å²) in [7, 11) is 0. The summed E-state index contributed by atoms with van der Waals surface area (Å²) in [5, 5.41) is 9.39. The summed E-state index contributed by atoms with van der Waals surface area (Å²) >= 11 is 0. The van der Waals surface area contributed by atoms with Crippen LogP contribution in [0, 0.1) is 5.82 Å². The van der Waals surface area contributed by atoms with Crippen molar-refractivity contribution in [1.29, 1.82) is 0 Å². The van der Waals surface area contributed by atoms with Crippen LogP contribution in [0.3, 0.4) is 0 Å². The molecule has 0 aliphatic carbocycles. The first-order valence-electron chi connectivity index (χ1n) is 10.1. The van der Waals surface area contributed by atoms with E-state index in [-0.39, 0.29) is 17.0 Å². The van der Waals surface area contributed by atoms with Crippen molar-refractivity contribution >= 4 is 17.8 Å². The molecule has 2 rings (SSSR count). The van der Waals surface area contributed by atoms with Crippen LogP contribution in [-0.2, 0) is 0 Å². The van der Waals surface area contributed by atoms with Gasteiger partial charge in [-0.05, 0) is 36.8 Å². The van der Waals surface area contributed by atoms with Gasteiger partial charge in [0.2, 0.25) is 0 Å². The lowest BCUT2D eigenvalue weighted by Gasteiger charge is -2.09. The van der Waals surface area contributed by atoms with E-state index in [1.165, 1.54) is 56.7 Å². The number of nitrogens with one attached hydrogen (secondary N) is 1. The second-order valence-corrected chi connectivity index (χ2v) is 6.86. The number of aliphatic imine (C=N–C) groups is 1. The van der Waals surface area contributed by atoms with E-state index in [0.29, 0.717) is 18.6 Å². The Hall–Kier alpha value is -2.73. The highest BCUT2D eigenvalue weighted by molar-refractivity contribution is 6.05. The Kier molecular flexibility index (Phi) is 9.86. The lowest BCUT2D eigenvalue weighted by molar-refractivity contribution is 0.112. The number of unbranched alkanes of at least 4 members (excludes halogenated alkanes) is 6. The van der Waals surface area contributed by atoms with E-state index < -0.39 is 5.82 Å². The monoisotopic (exact) mass is 400 g/mol. The minimum atomic E-state index is -0.649. The predicted octanol–water partition coefficient (Wildman–Crippen LogP) is 5.82. The molecule has 29 heavy (non-hydrogen) atoms. The summed E-state index contributed by atoms with van der Waals surface area (Å²) < 4.78 is 19.9. The van der Waals surface area contributed by atoms with Gasteiger partial charge in [-0.15, -0.1) is 0 Å². The zero-order valence-corrected chi connectivity index (χ0v) is 16.9. The van der Waals surface area contributed by atoms with Gasteiger partial charge in [-0.3, -0.25) is 15.5 Å². The predicted molar refractivity (Wildman–Crippen MR) is 113 cm³/mol. The first kappa shape index (κ1) is 22.6. The maximum Gasteiger partial charge on any atom is 0.161 e. The van der Waals surface area contributed by atoms with Gasteiger partial charge < -0.3 is 4.74 Å². The molecule has 0 aromatic heterocycles. The van der Waals surface area contributed by atoms with Crippen molar-refractivity contribution in [3.8, 4) is 5.75 Å². The summed E-state index contributed by atoms with van der Waals surface area (Å²) in [6.07, 6.45) is 9.12. The van der Waals surface area contributed by atoms with Gasteiger partial charge in [0, 0.05) is 5.56 Å². The molecule has 0 radical (unpaired) electrons. The first-order chi connectivity index (χ1) is 14.2. The molecule has 0 heterocycles. The van der Waals surface area contributed by atoms with Crippen LogP contribution >= 0.6 is 0 Å². The highest BCUT2D eigenvalue weighted by Crippen LogP contribution is 2.21. The maximum atomic E-state index is 14.1. The summed E-state index contributed by atoms with van der Waals surface area (Å²) in [5.41, 5.74) is 2.39. The number of hydrogen-bond donors (Lipinski definition) is 2. The lowest BCUT2D eigenvalue weighted by atomic mass is 10.1. The van der Waals surface area contributed by atoms with E-state index in [1.807, 2.05) is 5.48 Å². The fraction of sp³-hybridized carbons (Fsp3) is 0.391. The number of amidine groups is 1. The number of carbonyl (C=O) groups excluding carboxylic acids is 1. The quantitative estimate of drug-likeness (QED) is 0.155. The molecule has 0 bridgehead atoms. The Morgan fingerprint density at radius 3 is 2.41 bits per heavy atom. The molecule has 0 amide bonds. The fourth-order valence-electron chi connectivity index (χ4n) is 3.02. The average Bonchev–Trinajstić information content (AvgIpc) is 2.75. The van der Waals surface area contributed by atoms with Crippen molar-refractivity contribution in [2.45, 2.75) is 51.9 Å². The maximum absolute atomic E-state index is 14.1. The summed E-state index contributed by atoms with van der Waals surface area (Å²) in [5.74, 6) is -0.0561. The van der Waals surface area contributed by atoms with Crippen LogP contribution in [0.25, 0.3) is 0 Å². The third-order valence-corrected chi connectivity index (χ3v) is 4.61. The van der Waals surface area contributed by atoms with E-state index >= 15 is 0 Å². The molecule has 0 aliphatic heterocycles. The van der Waals surface area contributed by atoms with Gasteiger partial charge in [-0.2, -0.15) is 0 Å². The molecular formula is C23H29FN2O3. The minimum Gasteiger partial charge on any atom is -0.494 e. The number of hydrogen-bond acceptors (Lipinski definition) is 4. The molecule has 0 atom stereocenters. The zero-order valence-electron chi connectivity index (χ0n) is 16.9. The van der Waals surface area contributed by atoms with Crippen molar-refractivity contribution in [3.63, 3.8) is 0 Å². The van der Waals surface area contributed by atoms with Crippen LogP contribution in [0.4, 0.5) is 10.1 Å². The van der Waals surface area contributed by atoms with Gasteiger partial charge >= 0.3 is 0 Å². The van der Waals surface area contributed by atoms with Crippen LogP contribution in [0.2, 0.25) is 0 Å². The highest BCUT2D eigenvalue weighted by atomic mass is 19.1. The third-order valence-electron chi connectivity index (χ3n) is 4.61. The molecule has 2 N–H and O–H groups in total. The number of benzene rings is 2. The van der Waals surface area contributed by atoms with Crippen LogP contribution in [-0.4, -0.2) is 23.9 Å².